The number of nitrogens with one attached hydrogen (secondary N) is 2. The van der Waals surface area contributed by atoms with Crippen molar-refractivity contribution in [2.75, 3.05) is 11.5 Å². The second-order valence-corrected chi connectivity index (χ2v) is 8.17. The van der Waals surface area contributed by atoms with E-state index in [9.17, 15) is 18.3 Å². The highest BCUT2D eigenvalue weighted by Crippen LogP contribution is 2.29. The molecule has 1 aromatic carbocycles. The number of aromatic nitrogens is 2. The zero-order valence-electron chi connectivity index (χ0n) is 13.2. The van der Waals surface area contributed by atoms with Crippen molar-refractivity contribution < 1.29 is 18.3 Å². The van der Waals surface area contributed by atoms with Crippen LogP contribution < -0.4 is 5.32 Å². The summed E-state index contributed by atoms with van der Waals surface area (Å²) in [6.07, 6.45) is 1.25. The molecule has 2 aromatic rings. The molecule has 2 heterocycles. The number of aryl methyl sites for hydroxylation is 1. The molecule has 128 valence electrons. The predicted molar refractivity (Wildman–Crippen MR) is 89.6 cm³/mol. The number of aromatic hydroxyl groups is 1. The molecule has 0 unspecified atom stereocenters. The van der Waals surface area contributed by atoms with E-state index in [0.29, 0.717) is 17.7 Å². The second-order valence-electron chi connectivity index (χ2n) is 5.95. The Balaban J connectivity index is 1.77. The highest BCUT2D eigenvalue weighted by atomic mass is 32.2. The highest BCUT2D eigenvalue weighted by molar-refractivity contribution is 7.91. The van der Waals surface area contributed by atoms with Gasteiger partial charge in [0.2, 0.25) is 0 Å². The third-order valence-electron chi connectivity index (χ3n) is 4.14. The molecule has 0 radical (unpaired) electrons. The van der Waals surface area contributed by atoms with E-state index in [1.165, 1.54) is 0 Å². The van der Waals surface area contributed by atoms with Crippen LogP contribution in [0.4, 0.5) is 0 Å². The number of phenolic OH excluding ortho intramolecular Hbond substituents is 1. The van der Waals surface area contributed by atoms with Gasteiger partial charge in [0.1, 0.15) is 11.4 Å². The summed E-state index contributed by atoms with van der Waals surface area (Å²) >= 11 is 0. The van der Waals surface area contributed by atoms with E-state index in [1.807, 2.05) is 19.1 Å². The van der Waals surface area contributed by atoms with Crippen LogP contribution in [0, 0.1) is 0 Å². The van der Waals surface area contributed by atoms with Crippen LogP contribution in [0.15, 0.2) is 24.3 Å². The molecule has 1 aliphatic rings. The SMILES string of the molecule is CCc1ccc(O)c(-c2cc(C(=O)N[C@H]3CCS(=O)(=O)C3)[nH]n2)c1. The summed E-state index contributed by atoms with van der Waals surface area (Å²) in [5, 5.41) is 19.4. The monoisotopic (exact) mass is 349 g/mol. The maximum absolute atomic E-state index is 12.2. The zero-order valence-corrected chi connectivity index (χ0v) is 14.1. The van der Waals surface area contributed by atoms with Crippen molar-refractivity contribution in [1.82, 2.24) is 15.5 Å². The van der Waals surface area contributed by atoms with Gasteiger partial charge in [0, 0.05) is 11.6 Å². The standard InChI is InChI=1S/C16H19N3O4S/c1-2-10-3-4-15(20)12(7-10)13-8-14(19-18-13)16(21)17-11-5-6-24(22,23)9-11/h3-4,7-8,11,20H,2,5-6,9H2,1H3,(H,17,21)(H,18,19)/t11-/m0/s1. The number of hydrogen-bond acceptors (Lipinski definition) is 5. The lowest BCUT2D eigenvalue weighted by Crippen LogP contribution is -2.35. The average molecular weight is 349 g/mol. The molecule has 24 heavy (non-hydrogen) atoms. The van der Waals surface area contributed by atoms with Crippen LogP contribution in [0.3, 0.4) is 0 Å². The summed E-state index contributed by atoms with van der Waals surface area (Å²) in [6.45, 7) is 2.01. The minimum absolute atomic E-state index is 0.0287. The molecule has 3 N–H and O–H groups in total. The van der Waals surface area contributed by atoms with Crippen molar-refractivity contribution in [3.8, 4) is 17.0 Å². The predicted octanol–water partition coefficient (Wildman–Crippen LogP) is 1.26. The van der Waals surface area contributed by atoms with Crippen molar-refractivity contribution in [2.45, 2.75) is 25.8 Å². The summed E-state index contributed by atoms with van der Waals surface area (Å²) in [4.78, 5) is 12.2. The van der Waals surface area contributed by atoms with E-state index >= 15 is 0 Å². The highest BCUT2D eigenvalue weighted by Gasteiger charge is 2.29. The fourth-order valence-electron chi connectivity index (χ4n) is 2.76. The van der Waals surface area contributed by atoms with Gasteiger partial charge in [-0.15, -0.1) is 0 Å². The summed E-state index contributed by atoms with van der Waals surface area (Å²) in [7, 11) is -3.05. The van der Waals surface area contributed by atoms with Gasteiger partial charge in [0.05, 0.1) is 17.2 Å². The molecule has 1 aliphatic heterocycles. The number of nitrogens with zero attached hydrogens (tertiary/aromatic N) is 1. The van der Waals surface area contributed by atoms with Gasteiger partial charge in [-0.05, 0) is 36.6 Å². The molecule has 0 bridgehead atoms. The Hall–Kier alpha value is -2.35. The first-order chi connectivity index (χ1) is 11.4. The van der Waals surface area contributed by atoms with Crippen molar-refractivity contribution in [3.05, 3.63) is 35.5 Å². The molecule has 1 aromatic heterocycles. The number of phenols is 1. The molecule has 0 spiro atoms. The van der Waals surface area contributed by atoms with Crippen molar-refractivity contribution >= 4 is 15.7 Å². The Morgan fingerprint density at radius 1 is 1.42 bits per heavy atom. The van der Waals surface area contributed by atoms with Gasteiger partial charge in [-0.2, -0.15) is 5.10 Å². The van der Waals surface area contributed by atoms with E-state index in [1.54, 1.807) is 12.1 Å². The number of carbonyl (C=O) groups excluding carboxylic acids is 1. The van der Waals surface area contributed by atoms with Crippen LogP contribution in [0.2, 0.25) is 0 Å². The summed E-state index contributed by atoms with van der Waals surface area (Å²) in [5.41, 5.74) is 2.30. The molecular weight excluding hydrogens is 330 g/mol. The van der Waals surface area contributed by atoms with E-state index < -0.39 is 15.7 Å². The topological polar surface area (TPSA) is 112 Å². The minimum Gasteiger partial charge on any atom is -0.507 e. The Bertz CT molecular complexity index is 873. The van der Waals surface area contributed by atoms with Crippen LogP contribution in [0.25, 0.3) is 11.3 Å². The van der Waals surface area contributed by atoms with Gasteiger partial charge in [0.25, 0.3) is 5.91 Å². The van der Waals surface area contributed by atoms with Crippen molar-refractivity contribution in [2.24, 2.45) is 0 Å². The van der Waals surface area contributed by atoms with Gasteiger partial charge < -0.3 is 10.4 Å². The van der Waals surface area contributed by atoms with Gasteiger partial charge in [-0.1, -0.05) is 13.0 Å². The van der Waals surface area contributed by atoms with Crippen LogP contribution >= 0.6 is 0 Å². The number of carbonyl (C=O) groups is 1. The molecule has 1 fully saturated rings. The molecule has 3 rings (SSSR count). The molecule has 1 amide bonds. The average Bonchev–Trinajstić information content (AvgIpc) is 3.14. The third kappa shape index (κ3) is 3.43. The number of sulfone groups is 1. The minimum atomic E-state index is -3.05. The number of benzene rings is 1. The first kappa shape index (κ1) is 16.5. The number of hydrogen-bond donors (Lipinski definition) is 3. The van der Waals surface area contributed by atoms with Gasteiger partial charge in [-0.25, -0.2) is 8.42 Å². The molecular formula is C16H19N3O4S. The Morgan fingerprint density at radius 3 is 2.88 bits per heavy atom. The first-order valence-electron chi connectivity index (χ1n) is 7.77. The van der Waals surface area contributed by atoms with Crippen molar-refractivity contribution in [3.63, 3.8) is 0 Å². The fourth-order valence-corrected chi connectivity index (χ4v) is 4.43. The Morgan fingerprint density at radius 2 is 2.21 bits per heavy atom. The van der Waals surface area contributed by atoms with Crippen molar-refractivity contribution in [1.29, 1.82) is 0 Å². The van der Waals surface area contributed by atoms with E-state index in [-0.39, 0.29) is 29.0 Å². The zero-order chi connectivity index (χ0) is 17.3. The lowest BCUT2D eigenvalue weighted by molar-refractivity contribution is 0.0936. The number of aromatic amines is 1. The molecule has 8 heteroatoms. The van der Waals surface area contributed by atoms with E-state index in [2.05, 4.69) is 15.5 Å². The molecule has 1 atom stereocenters. The normalized spacial score (nSPS) is 19.3. The maximum atomic E-state index is 12.2. The summed E-state index contributed by atoms with van der Waals surface area (Å²) < 4.78 is 22.9. The lowest BCUT2D eigenvalue weighted by atomic mass is 10.1. The molecule has 0 saturated carbocycles. The van der Waals surface area contributed by atoms with Crippen LogP contribution in [0.5, 0.6) is 5.75 Å². The van der Waals surface area contributed by atoms with E-state index in [0.717, 1.165) is 12.0 Å². The largest absolute Gasteiger partial charge is 0.507 e. The summed E-state index contributed by atoms with van der Waals surface area (Å²) in [5.74, 6) is -0.238. The number of H-pyrrole nitrogens is 1. The third-order valence-corrected chi connectivity index (χ3v) is 5.90. The molecule has 1 saturated heterocycles. The second kappa shape index (κ2) is 6.27. The molecule has 7 nitrogen and oxygen atoms in total. The Labute approximate surface area is 140 Å². The molecule has 0 aliphatic carbocycles. The van der Waals surface area contributed by atoms with E-state index in [4.69, 9.17) is 0 Å². The van der Waals surface area contributed by atoms with Gasteiger partial charge in [0.15, 0.2) is 9.84 Å². The number of rotatable bonds is 4. The first-order valence-corrected chi connectivity index (χ1v) is 9.59. The smallest absolute Gasteiger partial charge is 0.269 e. The van der Waals surface area contributed by atoms with Crippen LogP contribution in [0.1, 0.15) is 29.4 Å². The quantitative estimate of drug-likeness (QED) is 0.769. The fraction of sp³-hybridized carbons (Fsp3) is 0.375. The maximum Gasteiger partial charge on any atom is 0.269 e. The number of amides is 1. The van der Waals surface area contributed by atoms with Crippen LogP contribution in [-0.4, -0.2) is 47.2 Å². The van der Waals surface area contributed by atoms with Gasteiger partial charge >= 0.3 is 0 Å². The van der Waals surface area contributed by atoms with Gasteiger partial charge in [-0.3, -0.25) is 9.89 Å². The lowest BCUT2D eigenvalue weighted by Gasteiger charge is -2.08. The Kier molecular flexibility index (Phi) is 4.31. The van der Waals surface area contributed by atoms with Crippen LogP contribution in [-0.2, 0) is 16.3 Å². The summed E-state index contributed by atoms with van der Waals surface area (Å²) in [6, 6.07) is 6.45.